The van der Waals surface area contributed by atoms with E-state index in [-0.39, 0.29) is 31.3 Å². The van der Waals surface area contributed by atoms with Crippen LogP contribution in [0.1, 0.15) is 27.9 Å². The van der Waals surface area contributed by atoms with E-state index in [1.807, 2.05) is 38.1 Å². The predicted molar refractivity (Wildman–Crippen MR) is 98.1 cm³/mol. The fraction of sp³-hybridized carbons (Fsp3) is 0.286. The maximum atomic E-state index is 12.4. The van der Waals surface area contributed by atoms with Crippen molar-refractivity contribution in [1.29, 1.82) is 0 Å². The first-order valence-electron chi connectivity index (χ1n) is 8.58. The summed E-state index contributed by atoms with van der Waals surface area (Å²) in [5, 5.41) is 0. The second-order valence-corrected chi connectivity index (χ2v) is 6.59. The van der Waals surface area contributed by atoms with E-state index < -0.39 is 11.9 Å². The van der Waals surface area contributed by atoms with Crippen LogP contribution >= 0.6 is 0 Å². The summed E-state index contributed by atoms with van der Waals surface area (Å²) in [6, 6.07) is 14.6. The first-order valence-corrected chi connectivity index (χ1v) is 8.58. The van der Waals surface area contributed by atoms with Crippen molar-refractivity contribution in [2.45, 2.75) is 20.3 Å². The summed E-state index contributed by atoms with van der Waals surface area (Å²) in [6.07, 6.45) is 0.103. The van der Waals surface area contributed by atoms with Gasteiger partial charge in [0.1, 0.15) is 0 Å². The van der Waals surface area contributed by atoms with Gasteiger partial charge in [-0.2, -0.15) is 0 Å². The Labute approximate surface area is 152 Å². The number of carbonyl (C=O) groups is 3. The summed E-state index contributed by atoms with van der Waals surface area (Å²) >= 11 is 0. The Morgan fingerprint density at radius 3 is 2.58 bits per heavy atom. The third kappa shape index (κ3) is 3.82. The molecule has 0 aliphatic carbocycles. The summed E-state index contributed by atoms with van der Waals surface area (Å²) in [5.74, 6) is -1.41. The van der Waals surface area contributed by atoms with Crippen LogP contribution in [0, 0.1) is 19.8 Å². The van der Waals surface area contributed by atoms with E-state index in [0.29, 0.717) is 5.56 Å². The van der Waals surface area contributed by atoms with Gasteiger partial charge in [-0.1, -0.05) is 42.5 Å². The fourth-order valence-electron chi connectivity index (χ4n) is 3.07. The zero-order chi connectivity index (χ0) is 18.7. The van der Waals surface area contributed by atoms with Crippen molar-refractivity contribution in [3.8, 4) is 0 Å². The van der Waals surface area contributed by atoms with Crippen LogP contribution in [0.5, 0.6) is 0 Å². The molecule has 1 amide bonds. The number of aryl methyl sites for hydroxylation is 2. The molecule has 5 nitrogen and oxygen atoms in total. The van der Waals surface area contributed by atoms with Crippen molar-refractivity contribution >= 4 is 23.3 Å². The zero-order valence-electron chi connectivity index (χ0n) is 14.9. The minimum Gasteiger partial charge on any atom is -0.457 e. The van der Waals surface area contributed by atoms with Crippen molar-refractivity contribution in [3.63, 3.8) is 0 Å². The van der Waals surface area contributed by atoms with E-state index in [4.69, 9.17) is 4.74 Å². The highest BCUT2D eigenvalue weighted by Crippen LogP contribution is 2.29. The lowest BCUT2D eigenvalue weighted by molar-refractivity contribution is -0.147. The van der Waals surface area contributed by atoms with Gasteiger partial charge in [-0.25, -0.2) is 0 Å². The van der Waals surface area contributed by atoms with E-state index in [2.05, 4.69) is 0 Å². The maximum absolute atomic E-state index is 12.4. The Morgan fingerprint density at radius 1 is 1.12 bits per heavy atom. The van der Waals surface area contributed by atoms with Crippen molar-refractivity contribution in [2.24, 2.45) is 5.92 Å². The Bertz CT molecular complexity index is 844. The van der Waals surface area contributed by atoms with E-state index in [1.165, 1.54) is 0 Å². The van der Waals surface area contributed by atoms with Gasteiger partial charge in [0.2, 0.25) is 5.91 Å². The highest BCUT2D eigenvalue weighted by Gasteiger charge is 2.36. The van der Waals surface area contributed by atoms with Gasteiger partial charge in [-0.05, 0) is 31.0 Å². The van der Waals surface area contributed by atoms with Crippen molar-refractivity contribution in [1.82, 2.24) is 0 Å². The molecule has 26 heavy (non-hydrogen) atoms. The number of ketones is 1. The monoisotopic (exact) mass is 351 g/mol. The van der Waals surface area contributed by atoms with Gasteiger partial charge in [0, 0.05) is 24.2 Å². The van der Waals surface area contributed by atoms with Crippen LogP contribution in [0.4, 0.5) is 5.69 Å². The number of esters is 1. The minimum atomic E-state index is -0.550. The first kappa shape index (κ1) is 17.9. The molecule has 1 unspecified atom stereocenters. The molecular formula is C21H21NO4. The number of carbonyl (C=O) groups excluding carboxylic acids is 3. The normalized spacial score (nSPS) is 16.6. The number of rotatable bonds is 5. The van der Waals surface area contributed by atoms with Gasteiger partial charge in [-0.15, -0.1) is 0 Å². The molecule has 134 valence electrons. The molecule has 3 rings (SSSR count). The number of ether oxygens (including phenoxy) is 1. The van der Waals surface area contributed by atoms with Crippen LogP contribution < -0.4 is 4.90 Å². The van der Waals surface area contributed by atoms with Gasteiger partial charge in [-0.3, -0.25) is 14.4 Å². The van der Waals surface area contributed by atoms with Crippen molar-refractivity contribution in [2.75, 3.05) is 18.1 Å². The zero-order valence-corrected chi connectivity index (χ0v) is 14.9. The Morgan fingerprint density at radius 2 is 1.85 bits per heavy atom. The molecule has 0 spiro atoms. The highest BCUT2D eigenvalue weighted by molar-refractivity contribution is 6.01. The SMILES string of the molecule is Cc1ccc(C)c(N2CC(C(=O)OCC(=O)c3ccccc3)CC2=O)c1. The van der Waals surface area contributed by atoms with Crippen molar-refractivity contribution in [3.05, 3.63) is 65.2 Å². The van der Waals surface area contributed by atoms with Crippen molar-refractivity contribution < 1.29 is 19.1 Å². The molecule has 1 heterocycles. The minimum absolute atomic E-state index is 0.102. The summed E-state index contributed by atoms with van der Waals surface area (Å²) in [6.45, 7) is 3.87. The number of benzene rings is 2. The van der Waals surface area contributed by atoms with Crippen LogP contribution in [-0.4, -0.2) is 30.8 Å². The molecule has 1 saturated heterocycles. The topological polar surface area (TPSA) is 63.7 Å². The number of anilines is 1. The fourth-order valence-corrected chi connectivity index (χ4v) is 3.07. The molecule has 0 radical (unpaired) electrons. The molecule has 1 aliphatic rings. The molecule has 1 atom stereocenters. The molecule has 0 aromatic heterocycles. The Kier molecular flexibility index (Phi) is 5.16. The standard InChI is InChI=1S/C21H21NO4/c1-14-8-9-15(2)18(10-14)22-12-17(11-20(22)24)21(25)26-13-19(23)16-6-4-3-5-7-16/h3-10,17H,11-13H2,1-2H3. The van der Waals surface area contributed by atoms with E-state index in [9.17, 15) is 14.4 Å². The Balaban J connectivity index is 1.62. The lowest BCUT2D eigenvalue weighted by Crippen LogP contribution is -2.27. The van der Waals surface area contributed by atoms with Crippen LogP contribution in [-0.2, 0) is 14.3 Å². The molecule has 1 fully saturated rings. The maximum Gasteiger partial charge on any atom is 0.311 e. The average Bonchev–Trinajstić information content (AvgIpc) is 3.03. The smallest absolute Gasteiger partial charge is 0.311 e. The lowest BCUT2D eigenvalue weighted by Gasteiger charge is -2.19. The third-order valence-corrected chi connectivity index (χ3v) is 4.56. The molecule has 0 saturated carbocycles. The van der Waals surface area contributed by atoms with Crippen LogP contribution in [0.25, 0.3) is 0 Å². The second kappa shape index (κ2) is 7.52. The number of amides is 1. The van der Waals surface area contributed by atoms with Gasteiger partial charge < -0.3 is 9.64 Å². The predicted octanol–water partition coefficient (Wildman–Crippen LogP) is 3.08. The lowest BCUT2D eigenvalue weighted by atomic mass is 10.1. The molecule has 2 aromatic carbocycles. The summed E-state index contributed by atoms with van der Waals surface area (Å²) in [4.78, 5) is 38.3. The molecule has 5 heteroatoms. The molecular weight excluding hydrogens is 330 g/mol. The van der Waals surface area contributed by atoms with Gasteiger partial charge in [0.25, 0.3) is 0 Å². The third-order valence-electron chi connectivity index (χ3n) is 4.56. The van der Waals surface area contributed by atoms with Gasteiger partial charge in [0.05, 0.1) is 5.92 Å². The molecule has 1 aliphatic heterocycles. The van der Waals surface area contributed by atoms with E-state index in [0.717, 1.165) is 16.8 Å². The highest BCUT2D eigenvalue weighted by atomic mass is 16.5. The van der Waals surface area contributed by atoms with Gasteiger partial charge in [0.15, 0.2) is 12.4 Å². The second-order valence-electron chi connectivity index (χ2n) is 6.59. The van der Waals surface area contributed by atoms with Crippen LogP contribution in [0.2, 0.25) is 0 Å². The molecule has 2 aromatic rings. The number of Topliss-reactive ketones (excluding diaryl/α,β-unsaturated/α-hetero) is 1. The largest absolute Gasteiger partial charge is 0.457 e. The van der Waals surface area contributed by atoms with Gasteiger partial charge >= 0.3 is 5.97 Å². The summed E-state index contributed by atoms with van der Waals surface area (Å²) in [7, 11) is 0. The molecule has 0 N–H and O–H groups in total. The quantitative estimate of drug-likeness (QED) is 0.613. The molecule has 0 bridgehead atoms. The first-order chi connectivity index (χ1) is 12.5. The number of nitrogens with zero attached hydrogens (tertiary/aromatic N) is 1. The number of hydrogen-bond donors (Lipinski definition) is 0. The average molecular weight is 351 g/mol. The number of hydrogen-bond acceptors (Lipinski definition) is 4. The van der Waals surface area contributed by atoms with E-state index >= 15 is 0 Å². The summed E-state index contributed by atoms with van der Waals surface area (Å²) in [5.41, 5.74) is 3.36. The Hall–Kier alpha value is -2.95. The van der Waals surface area contributed by atoms with Crippen LogP contribution in [0.15, 0.2) is 48.5 Å². The van der Waals surface area contributed by atoms with Crippen LogP contribution in [0.3, 0.4) is 0 Å². The van der Waals surface area contributed by atoms with E-state index in [1.54, 1.807) is 29.2 Å². The summed E-state index contributed by atoms with van der Waals surface area (Å²) < 4.78 is 5.16.